The molecule has 6 heteroatoms. The second-order valence-corrected chi connectivity index (χ2v) is 8.48. The minimum atomic E-state index is -1.17. The van der Waals surface area contributed by atoms with E-state index in [9.17, 15) is 18.0 Å². The third-order valence-corrected chi connectivity index (χ3v) is 5.77. The van der Waals surface area contributed by atoms with Crippen molar-refractivity contribution in [1.29, 1.82) is 0 Å². The highest BCUT2D eigenvalue weighted by atomic mass is 19.2. The van der Waals surface area contributed by atoms with Crippen LogP contribution in [0.25, 0.3) is 11.1 Å². The van der Waals surface area contributed by atoms with E-state index in [-0.39, 0.29) is 16.9 Å². The highest BCUT2D eigenvalue weighted by Gasteiger charge is 2.18. The topological polar surface area (TPSA) is 35.5 Å². The maximum Gasteiger partial charge on any atom is 0.343 e. The predicted molar refractivity (Wildman–Crippen MR) is 131 cm³/mol. The molecule has 0 aromatic heterocycles. The number of esters is 1. The third-order valence-electron chi connectivity index (χ3n) is 5.77. The fourth-order valence-corrected chi connectivity index (χ4v) is 3.70. The van der Waals surface area contributed by atoms with Crippen LogP contribution in [0.15, 0.2) is 54.6 Å². The quantitative estimate of drug-likeness (QED) is 0.147. The van der Waals surface area contributed by atoms with Gasteiger partial charge in [-0.3, -0.25) is 0 Å². The summed E-state index contributed by atoms with van der Waals surface area (Å²) >= 11 is 0. The maximum atomic E-state index is 14.4. The lowest BCUT2D eigenvalue weighted by Gasteiger charge is -2.10. The predicted octanol–water partition coefficient (Wildman–Crippen LogP) is 8.29. The number of hydrogen-bond acceptors (Lipinski definition) is 3. The molecule has 35 heavy (non-hydrogen) atoms. The summed E-state index contributed by atoms with van der Waals surface area (Å²) < 4.78 is 53.8. The normalized spacial score (nSPS) is 10.9. The minimum Gasteiger partial charge on any atom is -0.491 e. The van der Waals surface area contributed by atoms with E-state index in [0.717, 1.165) is 38.5 Å². The smallest absolute Gasteiger partial charge is 0.343 e. The van der Waals surface area contributed by atoms with Gasteiger partial charge in [-0.15, -0.1) is 0 Å². The van der Waals surface area contributed by atoms with Crippen LogP contribution in [0.1, 0.15) is 68.3 Å². The van der Waals surface area contributed by atoms with E-state index >= 15 is 0 Å². The van der Waals surface area contributed by atoms with E-state index in [1.54, 1.807) is 24.3 Å². The number of hydrogen-bond donors (Lipinski definition) is 0. The molecule has 0 radical (unpaired) electrons. The van der Waals surface area contributed by atoms with Crippen LogP contribution >= 0.6 is 0 Å². The molecule has 3 aromatic carbocycles. The van der Waals surface area contributed by atoms with Crippen molar-refractivity contribution in [2.75, 3.05) is 6.61 Å². The SMILES string of the molecule is CCCCCOc1ccc(-c2ccc(C(=O)Oc3ccc(CCCCC)c(F)c3F)cc2)cc1F. The fraction of sp³-hybridized carbons (Fsp3) is 0.345. The summed E-state index contributed by atoms with van der Waals surface area (Å²) in [6.07, 6.45) is 6.06. The van der Waals surface area contributed by atoms with Gasteiger partial charge in [-0.1, -0.05) is 63.8 Å². The standard InChI is InChI=1S/C29H31F3O3/c1-3-5-7-9-21-14-17-26(28(32)27(21)31)35-29(33)22-12-10-20(11-13-22)23-15-16-25(24(30)19-23)34-18-8-6-4-2/h10-17,19H,3-9,18H2,1-2H3. The van der Waals surface area contributed by atoms with Crippen LogP contribution in [0.3, 0.4) is 0 Å². The first kappa shape index (κ1) is 26.3. The van der Waals surface area contributed by atoms with E-state index in [0.29, 0.717) is 24.2 Å². The van der Waals surface area contributed by atoms with Gasteiger partial charge in [-0.25, -0.2) is 13.6 Å². The molecule has 3 aromatic rings. The van der Waals surface area contributed by atoms with Crippen molar-refractivity contribution in [2.24, 2.45) is 0 Å². The number of benzene rings is 3. The van der Waals surface area contributed by atoms with Gasteiger partial charge in [0, 0.05) is 0 Å². The fourth-order valence-electron chi connectivity index (χ4n) is 3.70. The number of carbonyl (C=O) groups excluding carboxylic acids is 1. The average molecular weight is 485 g/mol. The summed E-state index contributed by atoms with van der Waals surface area (Å²) in [5.74, 6) is -3.67. The average Bonchev–Trinajstić information content (AvgIpc) is 2.87. The van der Waals surface area contributed by atoms with E-state index in [2.05, 4.69) is 6.92 Å². The monoisotopic (exact) mass is 484 g/mol. The van der Waals surface area contributed by atoms with E-state index in [1.165, 1.54) is 30.3 Å². The Hall–Kier alpha value is -3.28. The number of halogens is 3. The Morgan fingerprint density at radius 1 is 0.743 bits per heavy atom. The summed E-state index contributed by atoms with van der Waals surface area (Å²) in [7, 11) is 0. The van der Waals surface area contributed by atoms with Crippen molar-refractivity contribution in [3.8, 4) is 22.6 Å². The van der Waals surface area contributed by atoms with Crippen molar-refractivity contribution >= 4 is 5.97 Å². The van der Waals surface area contributed by atoms with Gasteiger partial charge in [0.1, 0.15) is 0 Å². The Kier molecular flexibility index (Phi) is 9.76. The molecule has 0 saturated carbocycles. The van der Waals surface area contributed by atoms with Crippen LogP contribution in [0.4, 0.5) is 13.2 Å². The first-order valence-electron chi connectivity index (χ1n) is 12.2. The molecule has 0 N–H and O–H groups in total. The Morgan fingerprint density at radius 3 is 2.09 bits per heavy atom. The van der Waals surface area contributed by atoms with Crippen LogP contribution in [-0.4, -0.2) is 12.6 Å². The number of unbranched alkanes of at least 4 members (excludes halogenated alkanes) is 4. The summed E-state index contributed by atoms with van der Waals surface area (Å²) in [6, 6.07) is 13.7. The lowest BCUT2D eigenvalue weighted by Crippen LogP contribution is -2.10. The highest BCUT2D eigenvalue weighted by molar-refractivity contribution is 5.91. The molecule has 0 aliphatic carbocycles. The van der Waals surface area contributed by atoms with Gasteiger partial charge >= 0.3 is 5.97 Å². The second kappa shape index (κ2) is 13.0. The summed E-state index contributed by atoms with van der Waals surface area (Å²) in [5, 5.41) is 0. The minimum absolute atomic E-state index is 0.164. The van der Waals surface area contributed by atoms with E-state index < -0.39 is 29.2 Å². The van der Waals surface area contributed by atoms with E-state index in [4.69, 9.17) is 9.47 Å². The van der Waals surface area contributed by atoms with Crippen LogP contribution in [0, 0.1) is 17.5 Å². The number of aryl methyl sites for hydroxylation is 1. The van der Waals surface area contributed by atoms with Gasteiger partial charge in [0.25, 0.3) is 0 Å². The molecule has 0 saturated heterocycles. The highest BCUT2D eigenvalue weighted by Crippen LogP contribution is 2.28. The molecule has 0 aliphatic rings. The number of rotatable bonds is 12. The third kappa shape index (κ3) is 7.10. The summed E-state index contributed by atoms with van der Waals surface area (Å²) in [6.45, 7) is 4.59. The van der Waals surface area contributed by atoms with Gasteiger partial charge in [-0.05, 0) is 66.3 Å². The zero-order chi connectivity index (χ0) is 25.2. The molecular formula is C29H31F3O3. The molecule has 186 valence electrons. The van der Waals surface area contributed by atoms with Gasteiger partial charge in [0.2, 0.25) is 5.82 Å². The van der Waals surface area contributed by atoms with Gasteiger partial charge in [0.15, 0.2) is 23.1 Å². The lowest BCUT2D eigenvalue weighted by molar-refractivity contribution is 0.0726. The Labute approximate surface area is 204 Å². The zero-order valence-electron chi connectivity index (χ0n) is 20.2. The molecule has 0 fully saturated rings. The second-order valence-electron chi connectivity index (χ2n) is 8.48. The molecule has 0 aliphatic heterocycles. The molecule has 3 nitrogen and oxygen atoms in total. The summed E-state index contributed by atoms with van der Waals surface area (Å²) in [4.78, 5) is 12.5. The molecule has 0 amide bonds. The molecule has 0 spiro atoms. The van der Waals surface area contributed by atoms with E-state index in [1.807, 2.05) is 6.92 Å². The molecule has 0 bridgehead atoms. The molecule has 0 atom stereocenters. The Balaban J connectivity index is 1.65. The molecule has 0 unspecified atom stereocenters. The van der Waals surface area contributed by atoms with Crippen LogP contribution in [0.2, 0.25) is 0 Å². The first-order valence-corrected chi connectivity index (χ1v) is 12.2. The molecule has 3 rings (SSSR count). The van der Waals surface area contributed by atoms with Crippen molar-refractivity contribution in [1.82, 2.24) is 0 Å². The van der Waals surface area contributed by atoms with Crippen LogP contribution in [-0.2, 0) is 6.42 Å². The largest absolute Gasteiger partial charge is 0.491 e. The first-order chi connectivity index (χ1) is 16.9. The van der Waals surface area contributed by atoms with Crippen LogP contribution < -0.4 is 9.47 Å². The Bertz CT molecular complexity index is 1130. The van der Waals surface area contributed by atoms with Crippen molar-refractivity contribution < 1.29 is 27.4 Å². The van der Waals surface area contributed by atoms with Gasteiger partial charge in [-0.2, -0.15) is 4.39 Å². The molecule has 0 heterocycles. The Morgan fingerprint density at radius 2 is 1.40 bits per heavy atom. The van der Waals surface area contributed by atoms with Crippen molar-refractivity contribution in [3.05, 3.63) is 83.2 Å². The molecular weight excluding hydrogens is 453 g/mol. The summed E-state index contributed by atoms with van der Waals surface area (Å²) in [5.41, 5.74) is 1.74. The van der Waals surface area contributed by atoms with Gasteiger partial charge < -0.3 is 9.47 Å². The zero-order valence-corrected chi connectivity index (χ0v) is 20.2. The number of carbonyl (C=O) groups is 1. The van der Waals surface area contributed by atoms with Crippen molar-refractivity contribution in [2.45, 2.75) is 58.8 Å². The lowest BCUT2D eigenvalue weighted by atomic mass is 10.0. The van der Waals surface area contributed by atoms with Crippen molar-refractivity contribution in [3.63, 3.8) is 0 Å². The van der Waals surface area contributed by atoms with Crippen LogP contribution in [0.5, 0.6) is 11.5 Å². The maximum absolute atomic E-state index is 14.4. The number of ether oxygens (including phenoxy) is 2. The van der Waals surface area contributed by atoms with Gasteiger partial charge in [0.05, 0.1) is 12.2 Å².